The van der Waals surface area contributed by atoms with Gasteiger partial charge in [0, 0.05) is 12.1 Å². The van der Waals surface area contributed by atoms with Crippen LogP contribution in [0.25, 0.3) is 0 Å². The lowest BCUT2D eigenvalue weighted by Crippen LogP contribution is -2.15. The number of hydrogen-bond donors (Lipinski definition) is 1. The summed E-state index contributed by atoms with van der Waals surface area (Å²) in [5.41, 5.74) is 2.57. The summed E-state index contributed by atoms with van der Waals surface area (Å²) in [7, 11) is 0. The van der Waals surface area contributed by atoms with Gasteiger partial charge in [-0.25, -0.2) is 0 Å². The maximum atomic E-state index is 12.2. The summed E-state index contributed by atoms with van der Waals surface area (Å²) < 4.78 is 0. The van der Waals surface area contributed by atoms with Crippen LogP contribution in [-0.2, 0) is 11.2 Å². The zero-order valence-corrected chi connectivity index (χ0v) is 17.9. The molecule has 1 amide bonds. The standard InChI is InChI=1S/C25H39NO/c1-5-18-25(3,4)19-22-14-16-23(17-15-22)26-24(27)9-7-8-21-12-10-20(6-2)11-13-21/h7-8,14-17,20-21H,5-6,9-13,18-19H2,1-4H3,(H,26,27)/b8-7+. The smallest absolute Gasteiger partial charge is 0.228 e. The average Bonchev–Trinajstić information content (AvgIpc) is 2.63. The van der Waals surface area contributed by atoms with Crippen LogP contribution in [0.2, 0.25) is 0 Å². The molecule has 2 nitrogen and oxygen atoms in total. The molecule has 0 aromatic heterocycles. The maximum absolute atomic E-state index is 12.2. The summed E-state index contributed by atoms with van der Waals surface area (Å²) in [5.74, 6) is 1.67. The average molecular weight is 370 g/mol. The summed E-state index contributed by atoms with van der Waals surface area (Å²) >= 11 is 0. The highest BCUT2D eigenvalue weighted by Gasteiger charge is 2.18. The third-order valence-corrected chi connectivity index (χ3v) is 6.03. The van der Waals surface area contributed by atoms with Crippen molar-refractivity contribution in [2.75, 3.05) is 5.32 Å². The molecule has 0 saturated heterocycles. The fraction of sp³-hybridized carbons (Fsp3) is 0.640. The van der Waals surface area contributed by atoms with Crippen molar-refractivity contribution in [3.8, 4) is 0 Å². The van der Waals surface area contributed by atoms with Gasteiger partial charge in [0.05, 0.1) is 0 Å². The fourth-order valence-electron chi connectivity index (χ4n) is 4.39. The second kappa shape index (κ2) is 10.7. The highest BCUT2D eigenvalue weighted by atomic mass is 16.1. The Bertz CT molecular complexity index is 591. The molecule has 1 saturated carbocycles. The van der Waals surface area contributed by atoms with E-state index in [9.17, 15) is 4.79 Å². The lowest BCUT2D eigenvalue weighted by atomic mass is 9.81. The molecule has 2 rings (SSSR count). The molecule has 0 unspecified atom stereocenters. The normalized spacial score (nSPS) is 20.7. The Kier molecular flexibility index (Phi) is 8.60. The van der Waals surface area contributed by atoms with Crippen molar-refractivity contribution in [1.82, 2.24) is 0 Å². The van der Waals surface area contributed by atoms with Gasteiger partial charge in [-0.3, -0.25) is 4.79 Å². The predicted octanol–water partition coefficient (Wildman–Crippen LogP) is 7.16. The van der Waals surface area contributed by atoms with E-state index >= 15 is 0 Å². The van der Waals surface area contributed by atoms with Crippen LogP contribution in [0.3, 0.4) is 0 Å². The van der Waals surface area contributed by atoms with Crippen molar-refractivity contribution in [1.29, 1.82) is 0 Å². The molecule has 0 spiro atoms. The van der Waals surface area contributed by atoms with Crippen LogP contribution in [-0.4, -0.2) is 5.91 Å². The summed E-state index contributed by atoms with van der Waals surface area (Å²) in [4.78, 5) is 12.2. The van der Waals surface area contributed by atoms with Gasteiger partial charge in [-0.1, -0.05) is 64.8 Å². The largest absolute Gasteiger partial charge is 0.326 e. The first-order valence-corrected chi connectivity index (χ1v) is 11.0. The third-order valence-electron chi connectivity index (χ3n) is 6.03. The van der Waals surface area contributed by atoms with Crippen LogP contribution in [0.5, 0.6) is 0 Å². The number of carbonyl (C=O) groups excluding carboxylic acids is 1. The van der Waals surface area contributed by atoms with Crippen LogP contribution in [0.1, 0.15) is 84.6 Å². The van der Waals surface area contributed by atoms with Crippen molar-refractivity contribution >= 4 is 11.6 Å². The van der Waals surface area contributed by atoms with Crippen LogP contribution in [0.4, 0.5) is 5.69 Å². The number of rotatable bonds is 9. The zero-order chi connectivity index (χ0) is 19.7. The SMILES string of the molecule is CCCC(C)(C)Cc1ccc(NC(=O)C/C=C/C2CCC(CC)CC2)cc1. The molecule has 1 aliphatic carbocycles. The predicted molar refractivity (Wildman–Crippen MR) is 117 cm³/mol. The van der Waals surface area contributed by atoms with Gasteiger partial charge in [-0.2, -0.15) is 0 Å². The molecule has 1 aromatic carbocycles. The van der Waals surface area contributed by atoms with Gasteiger partial charge >= 0.3 is 0 Å². The summed E-state index contributed by atoms with van der Waals surface area (Å²) in [6.07, 6.45) is 14.9. The minimum atomic E-state index is 0.0764. The quantitative estimate of drug-likeness (QED) is 0.460. The molecule has 0 bridgehead atoms. The molecular weight excluding hydrogens is 330 g/mol. The van der Waals surface area contributed by atoms with Gasteiger partial charge in [0.1, 0.15) is 0 Å². The first kappa shape index (κ1) is 21.7. The minimum Gasteiger partial charge on any atom is -0.326 e. The van der Waals surface area contributed by atoms with E-state index in [4.69, 9.17) is 0 Å². The van der Waals surface area contributed by atoms with Crippen LogP contribution in [0, 0.1) is 17.3 Å². The van der Waals surface area contributed by atoms with E-state index < -0.39 is 0 Å². The monoisotopic (exact) mass is 369 g/mol. The Morgan fingerprint density at radius 1 is 1.11 bits per heavy atom. The molecule has 27 heavy (non-hydrogen) atoms. The van der Waals surface area contributed by atoms with Crippen molar-refractivity contribution in [3.63, 3.8) is 0 Å². The van der Waals surface area contributed by atoms with Crippen molar-refractivity contribution in [3.05, 3.63) is 42.0 Å². The lowest BCUT2D eigenvalue weighted by Gasteiger charge is -2.25. The van der Waals surface area contributed by atoms with E-state index in [0.29, 0.717) is 17.8 Å². The van der Waals surface area contributed by atoms with E-state index in [0.717, 1.165) is 18.0 Å². The molecule has 0 atom stereocenters. The van der Waals surface area contributed by atoms with Gasteiger partial charge < -0.3 is 5.32 Å². The molecule has 2 heteroatoms. The lowest BCUT2D eigenvalue weighted by molar-refractivity contribution is -0.115. The first-order valence-electron chi connectivity index (χ1n) is 11.0. The third kappa shape index (κ3) is 7.91. The molecule has 1 aromatic rings. The number of nitrogens with one attached hydrogen (secondary N) is 1. The Balaban J connectivity index is 1.75. The van der Waals surface area contributed by atoms with Gasteiger partial charge in [-0.05, 0) is 73.5 Å². The topological polar surface area (TPSA) is 29.1 Å². The Labute approximate surface area is 166 Å². The zero-order valence-electron chi connectivity index (χ0n) is 17.9. The maximum Gasteiger partial charge on any atom is 0.228 e. The second-order valence-corrected chi connectivity index (χ2v) is 9.16. The summed E-state index contributed by atoms with van der Waals surface area (Å²) in [6.45, 7) is 9.19. The number of benzene rings is 1. The molecule has 1 fully saturated rings. The van der Waals surface area contributed by atoms with Crippen LogP contribution in [0.15, 0.2) is 36.4 Å². The van der Waals surface area contributed by atoms with Crippen LogP contribution >= 0.6 is 0 Å². The van der Waals surface area contributed by atoms with Crippen molar-refractivity contribution in [2.45, 2.75) is 85.5 Å². The summed E-state index contributed by atoms with van der Waals surface area (Å²) in [6, 6.07) is 8.36. The fourth-order valence-corrected chi connectivity index (χ4v) is 4.39. The molecule has 0 aliphatic heterocycles. The number of carbonyl (C=O) groups is 1. The van der Waals surface area contributed by atoms with Crippen molar-refractivity contribution < 1.29 is 4.79 Å². The highest BCUT2D eigenvalue weighted by Crippen LogP contribution is 2.31. The van der Waals surface area contributed by atoms with E-state index in [1.165, 1.54) is 50.5 Å². The molecule has 0 heterocycles. The molecule has 150 valence electrons. The summed E-state index contributed by atoms with van der Waals surface area (Å²) in [5, 5.41) is 3.02. The van der Waals surface area contributed by atoms with E-state index in [1.54, 1.807) is 0 Å². The highest BCUT2D eigenvalue weighted by molar-refractivity contribution is 5.91. The van der Waals surface area contributed by atoms with E-state index in [2.05, 4.69) is 57.3 Å². The Morgan fingerprint density at radius 2 is 1.78 bits per heavy atom. The first-order chi connectivity index (χ1) is 12.9. The molecule has 0 radical (unpaired) electrons. The number of anilines is 1. The second-order valence-electron chi connectivity index (χ2n) is 9.16. The molecule has 1 aliphatic rings. The van der Waals surface area contributed by atoms with Crippen LogP contribution < -0.4 is 5.32 Å². The van der Waals surface area contributed by atoms with E-state index in [1.807, 2.05) is 12.1 Å². The number of amides is 1. The van der Waals surface area contributed by atoms with Gasteiger partial charge in [0.2, 0.25) is 5.91 Å². The van der Waals surface area contributed by atoms with Gasteiger partial charge in [0.25, 0.3) is 0 Å². The Hall–Kier alpha value is -1.57. The number of allylic oxidation sites excluding steroid dienone is 1. The van der Waals surface area contributed by atoms with E-state index in [-0.39, 0.29) is 5.91 Å². The number of hydrogen-bond acceptors (Lipinski definition) is 1. The van der Waals surface area contributed by atoms with Crippen molar-refractivity contribution in [2.24, 2.45) is 17.3 Å². The molecule has 1 N–H and O–H groups in total. The van der Waals surface area contributed by atoms with Gasteiger partial charge in [-0.15, -0.1) is 0 Å². The minimum absolute atomic E-state index is 0.0764. The molecular formula is C25H39NO. The van der Waals surface area contributed by atoms with Gasteiger partial charge in [0.15, 0.2) is 0 Å². The Morgan fingerprint density at radius 3 is 2.37 bits per heavy atom.